The fourth-order valence-corrected chi connectivity index (χ4v) is 2.32. The number of benzene rings is 1. The third kappa shape index (κ3) is 4.52. The Morgan fingerprint density at radius 2 is 2.05 bits per heavy atom. The number of hydrogen-bond acceptors (Lipinski definition) is 4. The van der Waals surface area contributed by atoms with Gasteiger partial charge in [0.1, 0.15) is 6.10 Å². The molecule has 0 spiro atoms. The van der Waals surface area contributed by atoms with Crippen molar-refractivity contribution in [1.29, 1.82) is 0 Å². The average Bonchev–Trinajstić information content (AvgIpc) is 2.54. The molecule has 1 aliphatic rings. The van der Waals surface area contributed by atoms with Crippen molar-refractivity contribution in [3.05, 3.63) is 35.9 Å². The topological polar surface area (TPSA) is 67.8 Å². The molecule has 0 radical (unpaired) electrons. The predicted octanol–water partition coefficient (Wildman–Crippen LogP) is 1.25. The second kappa shape index (κ2) is 7.54. The highest BCUT2D eigenvalue weighted by molar-refractivity contribution is 5.81. The van der Waals surface area contributed by atoms with Crippen LogP contribution >= 0.6 is 0 Å². The first-order valence-corrected chi connectivity index (χ1v) is 7.31. The minimum absolute atomic E-state index is 0.0759. The third-order valence-corrected chi connectivity index (χ3v) is 3.85. The largest absolute Gasteiger partial charge is 0.394 e. The number of hydrogen-bond donors (Lipinski definition) is 2. The SMILES string of the molecule is CC(OCc1ccccc1)C(=O)NC1(CO)CCOCC1. The van der Waals surface area contributed by atoms with Gasteiger partial charge in [-0.25, -0.2) is 0 Å². The molecule has 2 rings (SSSR count). The molecule has 116 valence electrons. The van der Waals surface area contributed by atoms with Gasteiger partial charge in [-0.2, -0.15) is 0 Å². The van der Waals surface area contributed by atoms with Crippen LogP contribution in [0.5, 0.6) is 0 Å². The number of aliphatic hydroxyl groups excluding tert-OH is 1. The molecule has 1 saturated heterocycles. The molecule has 1 aromatic carbocycles. The zero-order chi connectivity index (χ0) is 15.1. The number of nitrogens with one attached hydrogen (secondary N) is 1. The van der Waals surface area contributed by atoms with Gasteiger partial charge in [-0.1, -0.05) is 30.3 Å². The Morgan fingerprint density at radius 3 is 2.67 bits per heavy atom. The van der Waals surface area contributed by atoms with Crippen molar-refractivity contribution in [3.8, 4) is 0 Å². The standard InChI is InChI=1S/C16H23NO4/c1-13(21-11-14-5-3-2-4-6-14)15(19)17-16(12-18)7-9-20-10-8-16/h2-6,13,18H,7-12H2,1H3,(H,17,19). The fourth-order valence-electron chi connectivity index (χ4n) is 2.32. The Balaban J connectivity index is 1.84. The monoisotopic (exact) mass is 293 g/mol. The van der Waals surface area contributed by atoms with E-state index in [-0.39, 0.29) is 12.5 Å². The molecule has 21 heavy (non-hydrogen) atoms. The van der Waals surface area contributed by atoms with Gasteiger partial charge < -0.3 is 19.9 Å². The van der Waals surface area contributed by atoms with Gasteiger partial charge in [0.25, 0.3) is 0 Å². The Hall–Kier alpha value is -1.43. The molecule has 1 aromatic rings. The van der Waals surface area contributed by atoms with E-state index in [1.54, 1.807) is 6.92 Å². The van der Waals surface area contributed by atoms with Crippen LogP contribution in [-0.4, -0.2) is 42.5 Å². The summed E-state index contributed by atoms with van der Waals surface area (Å²) in [7, 11) is 0. The van der Waals surface area contributed by atoms with E-state index in [0.717, 1.165) is 5.56 Å². The van der Waals surface area contributed by atoms with Gasteiger partial charge in [-0.3, -0.25) is 4.79 Å². The molecular formula is C16H23NO4. The van der Waals surface area contributed by atoms with Crippen LogP contribution in [-0.2, 0) is 20.9 Å². The normalized spacial score (nSPS) is 19.0. The van der Waals surface area contributed by atoms with Gasteiger partial charge in [0.15, 0.2) is 0 Å². The molecule has 1 atom stereocenters. The summed E-state index contributed by atoms with van der Waals surface area (Å²) in [6.07, 6.45) is 0.692. The lowest BCUT2D eigenvalue weighted by atomic mass is 9.91. The van der Waals surface area contributed by atoms with E-state index < -0.39 is 11.6 Å². The van der Waals surface area contributed by atoms with Crippen LogP contribution in [0, 0.1) is 0 Å². The lowest BCUT2D eigenvalue weighted by Crippen LogP contribution is -2.56. The molecule has 1 unspecified atom stereocenters. The van der Waals surface area contributed by atoms with Crippen molar-refractivity contribution in [1.82, 2.24) is 5.32 Å². The molecule has 1 heterocycles. The Labute approximate surface area is 125 Å². The summed E-state index contributed by atoms with van der Waals surface area (Å²) in [5, 5.41) is 12.5. The molecule has 5 heteroatoms. The van der Waals surface area contributed by atoms with Crippen molar-refractivity contribution < 1.29 is 19.4 Å². The van der Waals surface area contributed by atoms with Crippen molar-refractivity contribution in [2.24, 2.45) is 0 Å². The second-order valence-electron chi connectivity index (χ2n) is 5.48. The maximum atomic E-state index is 12.2. The summed E-state index contributed by atoms with van der Waals surface area (Å²) >= 11 is 0. The van der Waals surface area contributed by atoms with Crippen LogP contribution in [0.3, 0.4) is 0 Å². The summed E-state index contributed by atoms with van der Waals surface area (Å²) in [6, 6.07) is 9.73. The number of carbonyl (C=O) groups excluding carboxylic acids is 1. The first kappa shape index (κ1) is 15.9. The van der Waals surface area contributed by atoms with Crippen molar-refractivity contribution in [2.75, 3.05) is 19.8 Å². The average molecular weight is 293 g/mol. The molecule has 1 amide bonds. The summed E-state index contributed by atoms with van der Waals surface area (Å²) in [5.74, 6) is -0.193. The van der Waals surface area contributed by atoms with Crippen LogP contribution in [0.2, 0.25) is 0 Å². The fraction of sp³-hybridized carbons (Fsp3) is 0.562. The Bertz CT molecular complexity index is 443. The second-order valence-corrected chi connectivity index (χ2v) is 5.48. The highest BCUT2D eigenvalue weighted by Crippen LogP contribution is 2.20. The molecule has 0 saturated carbocycles. The van der Waals surface area contributed by atoms with E-state index >= 15 is 0 Å². The molecule has 2 N–H and O–H groups in total. The quantitative estimate of drug-likeness (QED) is 0.828. The number of ether oxygens (including phenoxy) is 2. The van der Waals surface area contributed by atoms with E-state index in [0.29, 0.717) is 32.7 Å². The van der Waals surface area contributed by atoms with E-state index in [4.69, 9.17) is 9.47 Å². The van der Waals surface area contributed by atoms with Crippen LogP contribution in [0.4, 0.5) is 0 Å². The van der Waals surface area contributed by atoms with Crippen molar-refractivity contribution in [2.45, 2.75) is 38.0 Å². The minimum Gasteiger partial charge on any atom is -0.394 e. The van der Waals surface area contributed by atoms with E-state index in [1.165, 1.54) is 0 Å². The lowest BCUT2D eigenvalue weighted by molar-refractivity contribution is -0.136. The van der Waals surface area contributed by atoms with Crippen molar-refractivity contribution in [3.63, 3.8) is 0 Å². The number of rotatable bonds is 6. The van der Waals surface area contributed by atoms with Crippen LogP contribution in [0.15, 0.2) is 30.3 Å². The smallest absolute Gasteiger partial charge is 0.249 e. The van der Waals surface area contributed by atoms with Crippen LogP contribution in [0.25, 0.3) is 0 Å². The molecular weight excluding hydrogens is 270 g/mol. The first-order chi connectivity index (χ1) is 10.2. The number of amides is 1. The Morgan fingerprint density at radius 1 is 1.38 bits per heavy atom. The molecule has 1 aliphatic heterocycles. The summed E-state index contributed by atoms with van der Waals surface area (Å²) in [4.78, 5) is 12.2. The molecule has 1 fully saturated rings. The summed E-state index contributed by atoms with van der Waals surface area (Å²) in [5.41, 5.74) is 0.458. The summed E-state index contributed by atoms with van der Waals surface area (Å²) in [6.45, 7) is 3.15. The van der Waals surface area contributed by atoms with Gasteiger partial charge in [0.2, 0.25) is 5.91 Å². The van der Waals surface area contributed by atoms with E-state index in [9.17, 15) is 9.90 Å². The van der Waals surface area contributed by atoms with E-state index in [1.807, 2.05) is 30.3 Å². The molecule has 0 aromatic heterocycles. The van der Waals surface area contributed by atoms with Gasteiger partial charge in [0, 0.05) is 13.2 Å². The zero-order valence-electron chi connectivity index (χ0n) is 12.4. The molecule has 0 bridgehead atoms. The highest BCUT2D eigenvalue weighted by Gasteiger charge is 2.34. The third-order valence-electron chi connectivity index (χ3n) is 3.85. The number of carbonyl (C=O) groups is 1. The van der Waals surface area contributed by atoms with E-state index in [2.05, 4.69) is 5.32 Å². The van der Waals surface area contributed by atoms with Gasteiger partial charge in [-0.05, 0) is 25.3 Å². The van der Waals surface area contributed by atoms with Gasteiger partial charge >= 0.3 is 0 Å². The van der Waals surface area contributed by atoms with Crippen LogP contribution in [0.1, 0.15) is 25.3 Å². The first-order valence-electron chi connectivity index (χ1n) is 7.31. The maximum Gasteiger partial charge on any atom is 0.249 e. The van der Waals surface area contributed by atoms with Crippen molar-refractivity contribution >= 4 is 5.91 Å². The highest BCUT2D eigenvalue weighted by atomic mass is 16.5. The van der Waals surface area contributed by atoms with Gasteiger partial charge in [0.05, 0.1) is 18.8 Å². The number of aliphatic hydroxyl groups is 1. The van der Waals surface area contributed by atoms with Crippen LogP contribution < -0.4 is 5.32 Å². The summed E-state index contributed by atoms with van der Waals surface area (Å²) < 4.78 is 10.9. The van der Waals surface area contributed by atoms with Gasteiger partial charge in [-0.15, -0.1) is 0 Å². The molecule has 0 aliphatic carbocycles. The predicted molar refractivity (Wildman–Crippen MR) is 78.7 cm³/mol. The maximum absolute atomic E-state index is 12.2. The molecule has 5 nitrogen and oxygen atoms in total. The zero-order valence-corrected chi connectivity index (χ0v) is 12.4. The Kier molecular flexibility index (Phi) is 5.73. The lowest BCUT2D eigenvalue weighted by Gasteiger charge is -2.37. The minimum atomic E-state index is -0.570.